The number of nitrogens with two attached hydrogens (primary N) is 1. The van der Waals surface area contributed by atoms with Gasteiger partial charge in [0.05, 0.1) is 0 Å². The average molecular weight is 217 g/mol. The molecule has 76 valence electrons. The van der Waals surface area contributed by atoms with Gasteiger partial charge >= 0.3 is 0 Å². The summed E-state index contributed by atoms with van der Waals surface area (Å²) in [6.45, 7) is 1.95. The van der Waals surface area contributed by atoms with Crippen LogP contribution in [0, 0.1) is 6.92 Å². The SMILES string of the molecule is Cc1sccc1C(=O)c1ccc(N)cc1. The molecule has 0 aliphatic heterocycles. The number of anilines is 1. The third-order valence-corrected chi connectivity index (χ3v) is 3.12. The predicted octanol–water partition coefficient (Wildman–Crippen LogP) is 2.87. The monoisotopic (exact) mass is 217 g/mol. The van der Waals surface area contributed by atoms with Gasteiger partial charge < -0.3 is 5.73 Å². The molecule has 0 amide bonds. The van der Waals surface area contributed by atoms with Crippen LogP contribution in [0.5, 0.6) is 0 Å². The lowest BCUT2D eigenvalue weighted by atomic mass is 10.0. The minimum atomic E-state index is 0.0637. The molecule has 0 saturated heterocycles. The first-order valence-corrected chi connectivity index (χ1v) is 5.51. The molecule has 0 aliphatic rings. The van der Waals surface area contributed by atoms with E-state index in [-0.39, 0.29) is 5.78 Å². The Balaban J connectivity index is 2.37. The second kappa shape index (κ2) is 3.87. The molecular weight excluding hydrogens is 206 g/mol. The second-order valence-electron chi connectivity index (χ2n) is 3.34. The third-order valence-electron chi connectivity index (χ3n) is 2.28. The van der Waals surface area contributed by atoms with Gasteiger partial charge in [0.25, 0.3) is 0 Å². The normalized spacial score (nSPS) is 10.2. The van der Waals surface area contributed by atoms with Gasteiger partial charge in [0.1, 0.15) is 0 Å². The second-order valence-corrected chi connectivity index (χ2v) is 4.46. The maximum Gasteiger partial charge on any atom is 0.194 e. The van der Waals surface area contributed by atoms with Crippen molar-refractivity contribution in [3.05, 3.63) is 51.7 Å². The van der Waals surface area contributed by atoms with Crippen molar-refractivity contribution < 1.29 is 4.79 Å². The Morgan fingerprint density at radius 1 is 1.20 bits per heavy atom. The van der Waals surface area contributed by atoms with Gasteiger partial charge in [0.15, 0.2) is 5.78 Å². The van der Waals surface area contributed by atoms with E-state index in [1.54, 1.807) is 35.6 Å². The number of thiophene rings is 1. The summed E-state index contributed by atoms with van der Waals surface area (Å²) in [4.78, 5) is 13.1. The first kappa shape index (κ1) is 9.93. The molecule has 0 atom stereocenters. The molecule has 15 heavy (non-hydrogen) atoms. The number of carbonyl (C=O) groups is 1. The van der Waals surface area contributed by atoms with E-state index in [4.69, 9.17) is 5.73 Å². The van der Waals surface area contributed by atoms with Crippen LogP contribution < -0.4 is 5.73 Å². The van der Waals surface area contributed by atoms with Crippen molar-refractivity contribution in [2.75, 3.05) is 5.73 Å². The lowest BCUT2D eigenvalue weighted by Gasteiger charge is -2.00. The molecule has 2 rings (SSSR count). The van der Waals surface area contributed by atoms with Gasteiger partial charge in [-0.3, -0.25) is 4.79 Å². The van der Waals surface area contributed by atoms with Crippen LogP contribution in [0.4, 0.5) is 5.69 Å². The lowest BCUT2D eigenvalue weighted by molar-refractivity contribution is 0.103. The Hall–Kier alpha value is -1.61. The minimum Gasteiger partial charge on any atom is -0.399 e. The van der Waals surface area contributed by atoms with Crippen molar-refractivity contribution in [2.45, 2.75) is 6.92 Å². The zero-order valence-corrected chi connectivity index (χ0v) is 9.17. The van der Waals surface area contributed by atoms with Crippen LogP contribution in [0.3, 0.4) is 0 Å². The number of benzene rings is 1. The van der Waals surface area contributed by atoms with E-state index < -0.39 is 0 Å². The molecule has 0 fully saturated rings. The van der Waals surface area contributed by atoms with Crippen molar-refractivity contribution in [1.82, 2.24) is 0 Å². The van der Waals surface area contributed by atoms with Gasteiger partial charge in [-0.15, -0.1) is 11.3 Å². The van der Waals surface area contributed by atoms with E-state index in [0.717, 1.165) is 10.4 Å². The molecule has 0 saturated carbocycles. The molecule has 3 heteroatoms. The maximum atomic E-state index is 12.0. The number of carbonyl (C=O) groups excluding carboxylic acids is 1. The molecule has 1 aromatic heterocycles. The van der Waals surface area contributed by atoms with Crippen molar-refractivity contribution in [2.24, 2.45) is 0 Å². The van der Waals surface area contributed by atoms with E-state index in [1.807, 2.05) is 18.4 Å². The number of ketones is 1. The summed E-state index contributed by atoms with van der Waals surface area (Å²) in [6, 6.07) is 8.87. The first-order valence-electron chi connectivity index (χ1n) is 4.63. The highest BCUT2D eigenvalue weighted by atomic mass is 32.1. The van der Waals surface area contributed by atoms with Crippen LogP contribution in [-0.4, -0.2) is 5.78 Å². The fourth-order valence-electron chi connectivity index (χ4n) is 1.41. The van der Waals surface area contributed by atoms with Gasteiger partial charge in [0, 0.05) is 21.7 Å². The molecule has 0 bridgehead atoms. The Labute approximate surface area is 92.4 Å². The molecule has 0 radical (unpaired) electrons. The van der Waals surface area contributed by atoms with Crippen LogP contribution in [0.25, 0.3) is 0 Å². The Bertz CT molecular complexity index is 485. The van der Waals surface area contributed by atoms with Gasteiger partial charge in [-0.2, -0.15) is 0 Å². The Kier molecular flexibility index (Phi) is 2.56. The maximum absolute atomic E-state index is 12.0. The summed E-state index contributed by atoms with van der Waals surface area (Å²) in [5, 5.41) is 1.93. The quantitative estimate of drug-likeness (QED) is 0.621. The van der Waals surface area contributed by atoms with Crippen LogP contribution in [0.2, 0.25) is 0 Å². The molecule has 0 unspecified atom stereocenters. The highest BCUT2D eigenvalue weighted by Crippen LogP contribution is 2.19. The number of nitrogen functional groups attached to an aromatic ring is 1. The van der Waals surface area contributed by atoms with E-state index in [2.05, 4.69) is 0 Å². The molecule has 0 spiro atoms. The summed E-state index contributed by atoms with van der Waals surface area (Å²) < 4.78 is 0. The van der Waals surface area contributed by atoms with Gasteiger partial charge in [0.2, 0.25) is 0 Å². The van der Waals surface area contributed by atoms with Crippen LogP contribution in [0.15, 0.2) is 35.7 Å². The number of hydrogen-bond donors (Lipinski definition) is 1. The van der Waals surface area contributed by atoms with Crippen molar-refractivity contribution in [3.8, 4) is 0 Å². The smallest absolute Gasteiger partial charge is 0.194 e. The summed E-state index contributed by atoms with van der Waals surface area (Å²) in [7, 11) is 0. The number of aryl methyl sites for hydroxylation is 1. The number of rotatable bonds is 2. The van der Waals surface area contributed by atoms with Gasteiger partial charge in [-0.25, -0.2) is 0 Å². The molecule has 2 aromatic rings. The zero-order valence-electron chi connectivity index (χ0n) is 8.36. The predicted molar refractivity (Wildman–Crippen MR) is 63.3 cm³/mol. The largest absolute Gasteiger partial charge is 0.399 e. The minimum absolute atomic E-state index is 0.0637. The molecule has 2 nitrogen and oxygen atoms in total. The van der Waals surface area contributed by atoms with Crippen molar-refractivity contribution >= 4 is 22.8 Å². The molecule has 2 N–H and O–H groups in total. The van der Waals surface area contributed by atoms with E-state index >= 15 is 0 Å². The first-order chi connectivity index (χ1) is 7.18. The summed E-state index contributed by atoms with van der Waals surface area (Å²) in [5.41, 5.74) is 7.71. The van der Waals surface area contributed by atoms with E-state index in [9.17, 15) is 4.79 Å². The lowest BCUT2D eigenvalue weighted by Crippen LogP contribution is -2.01. The fourth-order valence-corrected chi connectivity index (χ4v) is 2.11. The van der Waals surface area contributed by atoms with Crippen LogP contribution in [-0.2, 0) is 0 Å². The van der Waals surface area contributed by atoms with Crippen LogP contribution in [0.1, 0.15) is 20.8 Å². The molecule has 1 heterocycles. The van der Waals surface area contributed by atoms with Crippen molar-refractivity contribution in [1.29, 1.82) is 0 Å². The highest BCUT2D eigenvalue weighted by Gasteiger charge is 2.11. The summed E-state index contributed by atoms with van der Waals surface area (Å²) in [6.07, 6.45) is 0. The van der Waals surface area contributed by atoms with E-state index in [1.165, 1.54) is 0 Å². The highest BCUT2D eigenvalue weighted by molar-refractivity contribution is 7.10. The molecular formula is C12H11NOS. The van der Waals surface area contributed by atoms with Crippen LogP contribution >= 0.6 is 11.3 Å². The standard InChI is InChI=1S/C12H11NOS/c1-8-11(6-7-15-8)12(14)9-2-4-10(13)5-3-9/h2-7H,13H2,1H3. The van der Waals surface area contributed by atoms with Gasteiger partial charge in [-0.1, -0.05) is 0 Å². The number of hydrogen-bond acceptors (Lipinski definition) is 3. The van der Waals surface area contributed by atoms with E-state index in [0.29, 0.717) is 11.3 Å². The summed E-state index contributed by atoms with van der Waals surface area (Å²) >= 11 is 1.59. The zero-order chi connectivity index (χ0) is 10.8. The molecule has 0 aliphatic carbocycles. The average Bonchev–Trinajstić information content (AvgIpc) is 2.65. The fraction of sp³-hybridized carbons (Fsp3) is 0.0833. The summed E-state index contributed by atoms with van der Waals surface area (Å²) in [5.74, 6) is 0.0637. The van der Waals surface area contributed by atoms with Crippen molar-refractivity contribution in [3.63, 3.8) is 0 Å². The Morgan fingerprint density at radius 3 is 2.40 bits per heavy atom. The third kappa shape index (κ3) is 1.92. The molecule has 1 aromatic carbocycles. The topological polar surface area (TPSA) is 43.1 Å². The Morgan fingerprint density at radius 2 is 1.87 bits per heavy atom. The van der Waals surface area contributed by atoms with Gasteiger partial charge in [-0.05, 0) is 42.6 Å².